The highest BCUT2D eigenvalue weighted by Crippen LogP contribution is 2.30. The largest absolute Gasteiger partial charge is 0.302 e. The minimum Gasteiger partial charge on any atom is -0.302 e. The second-order valence-electron chi connectivity index (χ2n) is 5.31. The van der Waals surface area contributed by atoms with Gasteiger partial charge in [0.1, 0.15) is 0 Å². The first-order valence-electron chi connectivity index (χ1n) is 6.82. The zero-order chi connectivity index (χ0) is 12.3. The van der Waals surface area contributed by atoms with E-state index in [-0.39, 0.29) is 0 Å². The molecule has 0 aromatic rings. The van der Waals surface area contributed by atoms with Gasteiger partial charge >= 0.3 is 0 Å². The van der Waals surface area contributed by atoms with Crippen LogP contribution in [0, 0.1) is 5.92 Å². The fraction of sp³-hybridized carbons (Fsp3) is 1.00. The molecule has 0 spiro atoms. The second kappa shape index (κ2) is 5.67. The summed E-state index contributed by atoms with van der Waals surface area (Å²) in [7, 11) is -2.99. The summed E-state index contributed by atoms with van der Waals surface area (Å²) in [5, 5.41) is 0. The summed E-state index contributed by atoms with van der Waals surface area (Å²) in [6, 6.07) is 0. The Labute approximate surface area is 105 Å². The SMILES string of the molecule is CCCS(=O)(=O)N1CCCN(CC2CC2)CC1. The molecule has 1 aliphatic heterocycles. The van der Waals surface area contributed by atoms with E-state index < -0.39 is 10.0 Å². The molecule has 0 radical (unpaired) electrons. The van der Waals surface area contributed by atoms with E-state index in [0.717, 1.165) is 25.4 Å². The molecule has 1 heterocycles. The number of hydrogen-bond acceptors (Lipinski definition) is 3. The highest BCUT2D eigenvalue weighted by Gasteiger charge is 2.28. The maximum absolute atomic E-state index is 12.0. The summed E-state index contributed by atoms with van der Waals surface area (Å²) in [6.45, 7) is 6.49. The standard InChI is InChI=1S/C12H24N2O2S/c1-2-10-17(15,16)14-7-3-6-13(8-9-14)11-12-4-5-12/h12H,2-11H2,1H3. The Morgan fingerprint density at radius 2 is 1.88 bits per heavy atom. The van der Waals surface area contributed by atoms with Crippen LogP contribution in [0.5, 0.6) is 0 Å². The van der Waals surface area contributed by atoms with E-state index in [1.807, 2.05) is 6.92 Å². The van der Waals surface area contributed by atoms with Crippen molar-refractivity contribution in [3.8, 4) is 0 Å². The average molecular weight is 260 g/mol. The molecule has 2 aliphatic rings. The number of rotatable bonds is 5. The van der Waals surface area contributed by atoms with Crippen LogP contribution in [-0.4, -0.2) is 56.1 Å². The van der Waals surface area contributed by atoms with Gasteiger partial charge in [-0.15, -0.1) is 0 Å². The first-order valence-corrected chi connectivity index (χ1v) is 8.43. The van der Waals surface area contributed by atoms with E-state index in [4.69, 9.17) is 0 Å². The van der Waals surface area contributed by atoms with Crippen LogP contribution < -0.4 is 0 Å². The van der Waals surface area contributed by atoms with Crippen molar-refractivity contribution in [1.82, 2.24) is 9.21 Å². The van der Waals surface area contributed by atoms with Crippen LogP contribution in [0.4, 0.5) is 0 Å². The van der Waals surface area contributed by atoms with Crippen LogP contribution >= 0.6 is 0 Å². The lowest BCUT2D eigenvalue weighted by Gasteiger charge is -2.21. The van der Waals surface area contributed by atoms with Crippen molar-refractivity contribution in [2.24, 2.45) is 5.92 Å². The molecule has 2 rings (SSSR count). The lowest BCUT2D eigenvalue weighted by atomic mass is 10.3. The van der Waals surface area contributed by atoms with Gasteiger partial charge in [-0.2, -0.15) is 0 Å². The van der Waals surface area contributed by atoms with Gasteiger partial charge in [-0.1, -0.05) is 6.92 Å². The van der Waals surface area contributed by atoms with E-state index in [0.29, 0.717) is 25.3 Å². The van der Waals surface area contributed by atoms with Gasteiger partial charge in [0.2, 0.25) is 10.0 Å². The highest BCUT2D eigenvalue weighted by atomic mass is 32.2. The quantitative estimate of drug-likeness (QED) is 0.744. The first-order chi connectivity index (χ1) is 8.12. The Balaban J connectivity index is 1.85. The summed E-state index contributed by atoms with van der Waals surface area (Å²) in [4.78, 5) is 2.44. The molecule has 17 heavy (non-hydrogen) atoms. The van der Waals surface area contributed by atoms with Crippen molar-refractivity contribution in [3.63, 3.8) is 0 Å². The van der Waals surface area contributed by atoms with E-state index in [1.165, 1.54) is 19.4 Å². The monoisotopic (exact) mass is 260 g/mol. The van der Waals surface area contributed by atoms with Crippen LogP contribution in [0.2, 0.25) is 0 Å². The smallest absolute Gasteiger partial charge is 0.214 e. The molecule has 0 aromatic carbocycles. The van der Waals surface area contributed by atoms with Crippen LogP contribution in [-0.2, 0) is 10.0 Å². The molecule has 0 N–H and O–H groups in total. The first kappa shape index (κ1) is 13.3. The van der Waals surface area contributed by atoms with Crippen molar-refractivity contribution >= 4 is 10.0 Å². The fourth-order valence-corrected chi connectivity index (χ4v) is 4.00. The third-order valence-electron chi connectivity index (χ3n) is 3.62. The highest BCUT2D eigenvalue weighted by molar-refractivity contribution is 7.89. The van der Waals surface area contributed by atoms with Gasteiger partial charge in [0.05, 0.1) is 5.75 Å². The molecular formula is C12H24N2O2S. The molecule has 100 valence electrons. The van der Waals surface area contributed by atoms with Crippen LogP contribution in [0.25, 0.3) is 0 Å². The number of nitrogens with zero attached hydrogens (tertiary/aromatic N) is 2. The minimum absolute atomic E-state index is 0.301. The Morgan fingerprint density at radius 1 is 1.12 bits per heavy atom. The molecule has 1 saturated heterocycles. The predicted octanol–water partition coefficient (Wildman–Crippen LogP) is 1.14. The third kappa shape index (κ3) is 3.93. The Kier molecular flexibility index (Phi) is 4.44. The maximum Gasteiger partial charge on any atom is 0.214 e. The molecule has 2 fully saturated rings. The van der Waals surface area contributed by atoms with Gasteiger partial charge in [0.15, 0.2) is 0 Å². The van der Waals surface area contributed by atoms with Crippen LogP contribution in [0.1, 0.15) is 32.6 Å². The van der Waals surface area contributed by atoms with Crippen molar-refractivity contribution < 1.29 is 8.42 Å². The van der Waals surface area contributed by atoms with Crippen molar-refractivity contribution in [1.29, 1.82) is 0 Å². The van der Waals surface area contributed by atoms with Crippen LogP contribution in [0.15, 0.2) is 0 Å². The minimum atomic E-state index is -2.99. The van der Waals surface area contributed by atoms with Crippen molar-refractivity contribution in [3.05, 3.63) is 0 Å². The predicted molar refractivity (Wildman–Crippen MR) is 69.4 cm³/mol. The molecule has 0 bridgehead atoms. The lowest BCUT2D eigenvalue weighted by molar-refractivity contribution is 0.275. The van der Waals surface area contributed by atoms with E-state index in [1.54, 1.807) is 4.31 Å². The zero-order valence-corrected chi connectivity index (χ0v) is 11.6. The van der Waals surface area contributed by atoms with E-state index in [2.05, 4.69) is 4.90 Å². The summed E-state index contributed by atoms with van der Waals surface area (Å²) in [6.07, 6.45) is 4.43. The fourth-order valence-electron chi connectivity index (χ4n) is 2.46. The average Bonchev–Trinajstić information content (AvgIpc) is 3.05. The van der Waals surface area contributed by atoms with Crippen LogP contribution in [0.3, 0.4) is 0 Å². The van der Waals surface area contributed by atoms with Gasteiger partial charge in [0.25, 0.3) is 0 Å². The van der Waals surface area contributed by atoms with Gasteiger partial charge in [-0.25, -0.2) is 12.7 Å². The van der Waals surface area contributed by atoms with Gasteiger partial charge < -0.3 is 4.90 Å². The summed E-state index contributed by atoms with van der Waals surface area (Å²) >= 11 is 0. The topological polar surface area (TPSA) is 40.6 Å². The summed E-state index contributed by atoms with van der Waals surface area (Å²) in [5.41, 5.74) is 0. The third-order valence-corrected chi connectivity index (χ3v) is 5.69. The molecule has 0 aromatic heterocycles. The number of hydrogen-bond donors (Lipinski definition) is 0. The number of sulfonamides is 1. The molecule has 0 amide bonds. The lowest BCUT2D eigenvalue weighted by Crippen LogP contribution is -2.36. The second-order valence-corrected chi connectivity index (χ2v) is 7.40. The molecule has 4 nitrogen and oxygen atoms in total. The van der Waals surface area contributed by atoms with Gasteiger partial charge in [-0.05, 0) is 38.1 Å². The normalized spacial score (nSPS) is 24.8. The van der Waals surface area contributed by atoms with Gasteiger partial charge in [-0.3, -0.25) is 0 Å². The van der Waals surface area contributed by atoms with Crippen molar-refractivity contribution in [2.45, 2.75) is 32.6 Å². The zero-order valence-electron chi connectivity index (χ0n) is 10.8. The Morgan fingerprint density at radius 3 is 2.53 bits per heavy atom. The molecule has 1 saturated carbocycles. The molecule has 0 unspecified atom stereocenters. The molecule has 5 heteroatoms. The van der Waals surface area contributed by atoms with E-state index >= 15 is 0 Å². The summed E-state index contributed by atoms with van der Waals surface area (Å²) in [5.74, 6) is 1.20. The Bertz CT molecular complexity index is 338. The maximum atomic E-state index is 12.0. The summed E-state index contributed by atoms with van der Waals surface area (Å²) < 4.78 is 25.7. The Hall–Kier alpha value is -0.130. The van der Waals surface area contributed by atoms with E-state index in [9.17, 15) is 8.42 Å². The molecular weight excluding hydrogens is 236 g/mol. The van der Waals surface area contributed by atoms with Crippen molar-refractivity contribution in [2.75, 3.05) is 38.5 Å². The molecule has 1 aliphatic carbocycles. The molecule has 0 atom stereocenters. The van der Waals surface area contributed by atoms with Gasteiger partial charge in [0, 0.05) is 26.2 Å².